The highest BCUT2D eigenvalue weighted by molar-refractivity contribution is 7.99. The SMILES string of the molecule is CCC[C@@H]1C[C@@H](C(=O)N[C@H]([C@H](C)NC(=O)CNC)[C@H]2OC(SC)[C@H](O)[C@H](O)C2O)N(C)C1. The summed E-state index contributed by atoms with van der Waals surface area (Å²) >= 11 is 1.20. The van der Waals surface area contributed by atoms with Gasteiger partial charge in [-0.3, -0.25) is 14.5 Å². The van der Waals surface area contributed by atoms with Gasteiger partial charge in [0.1, 0.15) is 29.9 Å². The number of carbonyl (C=O) groups is 2. The maximum Gasteiger partial charge on any atom is 0.237 e. The van der Waals surface area contributed by atoms with Crippen LogP contribution >= 0.6 is 11.8 Å². The van der Waals surface area contributed by atoms with Gasteiger partial charge in [-0.05, 0) is 46.0 Å². The molecular formula is C21H40N4O6S. The van der Waals surface area contributed by atoms with Gasteiger partial charge in [0.05, 0.1) is 18.6 Å². The van der Waals surface area contributed by atoms with Crippen molar-refractivity contribution in [3.05, 3.63) is 0 Å². The number of likely N-dealkylation sites (N-methyl/N-ethyl adjacent to an activating group) is 2. The predicted molar refractivity (Wildman–Crippen MR) is 123 cm³/mol. The number of aliphatic hydroxyl groups excluding tert-OH is 3. The molecule has 0 spiro atoms. The molecule has 2 aliphatic rings. The molecule has 2 heterocycles. The van der Waals surface area contributed by atoms with Crippen LogP contribution in [0.3, 0.4) is 0 Å². The van der Waals surface area contributed by atoms with Gasteiger partial charge >= 0.3 is 0 Å². The Morgan fingerprint density at radius 2 is 1.88 bits per heavy atom. The van der Waals surface area contributed by atoms with Gasteiger partial charge in [0.15, 0.2) is 0 Å². The van der Waals surface area contributed by atoms with Gasteiger partial charge in [-0.2, -0.15) is 0 Å². The number of aliphatic hydroxyl groups is 3. The molecule has 11 heteroatoms. The van der Waals surface area contributed by atoms with Gasteiger partial charge in [0.25, 0.3) is 0 Å². The van der Waals surface area contributed by atoms with E-state index in [-0.39, 0.29) is 24.4 Å². The summed E-state index contributed by atoms with van der Waals surface area (Å²) in [5.74, 6) is -0.0307. The van der Waals surface area contributed by atoms with Crippen molar-refractivity contribution in [2.24, 2.45) is 5.92 Å². The van der Waals surface area contributed by atoms with Crippen molar-refractivity contribution >= 4 is 23.6 Å². The molecule has 0 bridgehead atoms. The lowest BCUT2D eigenvalue weighted by Gasteiger charge is -2.45. The van der Waals surface area contributed by atoms with Crippen LogP contribution in [0.25, 0.3) is 0 Å². The lowest BCUT2D eigenvalue weighted by atomic mass is 9.90. The maximum absolute atomic E-state index is 13.2. The molecule has 0 aromatic heterocycles. The van der Waals surface area contributed by atoms with Crippen LogP contribution < -0.4 is 16.0 Å². The summed E-state index contributed by atoms with van der Waals surface area (Å²) in [6, 6.07) is -1.72. The van der Waals surface area contributed by atoms with E-state index in [1.165, 1.54) is 11.8 Å². The second kappa shape index (κ2) is 12.5. The molecule has 0 aromatic carbocycles. The number of hydrogen-bond donors (Lipinski definition) is 6. The second-order valence-corrected chi connectivity index (χ2v) is 9.88. The summed E-state index contributed by atoms with van der Waals surface area (Å²) in [7, 11) is 3.57. The highest BCUT2D eigenvalue weighted by Gasteiger charge is 2.48. The molecule has 186 valence electrons. The van der Waals surface area contributed by atoms with Gasteiger partial charge in [0, 0.05) is 12.6 Å². The van der Waals surface area contributed by atoms with E-state index in [0.29, 0.717) is 5.92 Å². The van der Waals surface area contributed by atoms with Gasteiger partial charge in [-0.15, -0.1) is 11.8 Å². The first-order valence-corrected chi connectivity index (χ1v) is 12.6. The Balaban J connectivity index is 2.22. The average Bonchev–Trinajstić information content (AvgIpc) is 3.11. The number of likely N-dealkylation sites (tertiary alicyclic amines) is 1. The van der Waals surface area contributed by atoms with Crippen molar-refractivity contribution in [2.75, 3.05) is 33.4 Å². The van der Waals surface area contributed by atoms with Crippen LogP contribution in [0.4, 0.5) is 0 Å². The van der Waals surface area contributed by atoms with Gasteiger partial charge in [-0.1, -0.05) is 13.3 Å². The van der Waals surface area contributed by atoms with Crippen LogP contribution in [-0.2, 0) is 14.3 Å². The lowest BCUT2D eigenvalue weighted by molar-refractivity contribution is -0.207. The Labute approximate surface area is 194 Å². The lowest BCUT2D eigenvalue weighted by Crippen LogP contribution is -2.67. The van der Waals surface area contributed by atoms with Crippen LogP contribution in [0.2, 0.25) is 0 Å². The summed E-state index contributed by atoms with van der Waals surface area (Å²) < 4.78 is 5.91. The summed E-state index contributed by atoms with van der Waals surface area (Å²) in [6.45, 7) is 4.78. The minimum atomic E-state index is -1.44. The molecule has 2 rings (SSSR count). The van der Waals surface area contributed by atoms with E-state index in [4.69, 9.17) is 4.74 Å². The summed E-state index contributed by atoms with van der Waals surface area (Å²) in [5.41, 5.74) is -0.777. The number of ether oxygens (including phenoxy) is 1. The number of hydrogen-bond acceptors (Lipinski definition) is 9. The van der Waals surface area contributed by atoms with Crippen LogP contribution in [-0.4, -0.2) is 113 Å². The molecule has 6 N–H and O–H groups in total. The Kier molecular flexibility index (Phi) is 10.7. The number of amides is 2. The Hall–Kier alpha value is -0.950. The quantitative estimate of drug-likeness (QED) is 0.222. The van der Waals surface area contributed by atoms with Crippen LogP contribution in [0.5, 0.6) is 0 Å². The maximum atomic E-state index is 13.2. The largest absolute Gasteiger partial charge is 0.388 e. The summed E-state index contributed by atoms with van der Waals surface area (Å²) in [6.07, 6.45) is -0.574. The molecule has 0 radical (unpaired) electrons. The molecule has 2 unspecified atom stereocenters. The van der Waals surface area contributed by atoms with Gasteiger partial charge < -0.3 is 36.0 Å². The first-order chi connectivity index (χ1) is 15.1. The molecule has 0 saturated carbocycles. The minimum absolute atomic E-state index is 0.0952. The number of carbonyl (C=O) groups excluding carboxylic acids is 2. The van der Waals surface area contributed by atoms with Crippen LogP contribution in [0.15, 0.2) is 0 Å². The Morgan fingerprint density at radius 1 is 1.19 bits per heavy atom. The van der Waals surface area contributed by atoms with Crippen molar-refractivity contribution in [1.29, 1.82) is 0 Å². The van der Waals surface area contributed by atoms with E-state index in [0.717, 1.165) is 25.8 Å². The minimum Gasteiger partial charge on any atom is -0.388 e. The van der Waals surface area contributed by atoms with E-state index in [9.17, 15) is 24.9 Å². The first-order valence-electron chi connectivity index (χ1n) is 11.3. The zero-order chi connectivity index (χ0) is 24.0. The molecule has 2 aliphatic heterocycles. The van der Waals surface area contributed by atoms with E-state index < -0.39 is 41.9 Å². The molecule has 2 saturated heterocycles. The van der Waals surface area contributed by atoms with E-state index in [1.807, 2.05) is 11.9 Å². The third-order valence-electron chi connectivity index (χ3n) is 6.40. The number of thioether (sulfide) groups is 1. The molecule has 0 aliphatic carbocycles. The van der Waals surface area contributed by atoms with E-state index >= 15 is 0 Å². The predicted octanol–water partition coefficient (Wildman–Crippen LogP) is -1.51. The van der Waals surface area contributed by atoms with Gasteiger partial charge in [0.2, 0.25) is 11.8 Å². The molecule has 9 atom stereocenters. The number of nitrogens with one attached hydrogen (secondary N) is 3. The third-order valence-corrected chi connectivity index (χ3v) is 7.26. The monoisotopic (exact) mass is 476 g/mol. The van der Waals surface area contributed by atoms with Crippen molar-refractivity contribution in [1.82, 2.24) is 20.9 Å². The standard InChI is InChI=1S/C21H40N4O6S/c1-6-7-12-8-13(25(4)10-12)20(30)24-15(11(2)23-14(26)9-22-3)19-17(28)16(27)18(29)21(31-19)32-5/h11-13,15-19,21-22,27-29H,6-10H2,1-5H3,(H,23,26)(H,24,30)/t11-,12+,13-,15+,16+,17?,18+,19+,21?/m0/s1. The van der Waals surface area contributed by atoms with Crippen molar-refractivity contribution in [3.8, 4) is 0 Å². The normalized spacial score (nSPS) is 35.3. The smallest absolute Gasteiger partial charge is 0.237 e. The van der Waals surface area contributed by atoms with E-state index in [1.54, 1.807) is 20.2 Å². The fourth-order valence-electron chi connectivity index (χ4n) is 4.70. The number of rotatable bonds is 10. The highest BCUT2D eigenvalue weighted by atomic mass is 32.2. The van der Waals surface area contributed by atoms with Crippen LogP contribution in [0, 0.1) is 5.92 Å². The van der Waals surface area contributed by atoms with Crippen molar-refractivity contribution in [3.63, 3.8) is 0 Å². The molecule has 0 aromatic rings. The fraction of sp³-hybridized carbons (Fsp3) is 0.905. The number of nitrogens with zero attached hydrogens (tertiary/aromatic N) is 1. The van der Waals surface area contributed by atoms with E-state index in [2.05, 4.69) is 22.9 Å². The summed E-state index contributed by atoms with van der Waals surface area (Å²) in [4.78, 5) is 27.4. The molecule has 2 amide bonds. The topological polar surface area (TPSA) is 143 Å². The second-order valence-electron chi connectivity index (χ2n) is 8.94. The molecule has 32 heavy (non-hydrogen) atoms. The van der Waals surface area contributed by atoms with Crippen molar-refractivity contribution in [2.45, 2.75) is 81.1 Å². The Morgan fingerprint density at radius 3 is 2.47 bits per heavy atom. The zero-order valence-electron chi connectivity index (χ0n) is 19.7. The molecular weight excluding hydrogens is 436 g/mol. The first kappa shape index (κ1) is 27.3. The van der Waals surface area contributed by atoms with Gasteiger partial charge in [-0.25, -0.2) is 0 Å². The third kappa shape index (κ3) is 6.55. The van der Waals surface area contributed by atoms with Crippen molar-refractivity contribution < 1.29 is 29.6 Å². The Bertz CT molecular complexity index is 627. The average molecular weight is 477 g/mol. The summed E-state index contributed by atoms with van der Waals surface area (Å²) in [5, 5.41) is 39.8. The molecule has 10 nitrogen and oxygen atoms in total. The fourth-order valence-corrected chi connectivity index (χ4v) is 5.38. The zero-order valence-corrected chi connectivity index (χ0v) is 20.5. The van der Waals surface area contributed by atoms with Crippen LogP contribution in [0.1, 0.15) is 33.1 Å². The molecule has 2 fully saturated rings. The highest BCUT2D eigenvalue weighted by Crippen LogP contribution is 2.30.